The summed E-state index contributed by atoms with van der Waals surface area (Å²) in [5, 5.41) is 11.4. The van der Waals surface area contributed by atoms with Gasteiger partial charge in [0.2, 0.25) is 0 Å². The molecule has 0 radical (unpaired) electrons. The lowest BCUT2D eigenvalue weighted by atomic mass is 10.1. The molecule has 0 saturated heterocycles. The predicted molar refractivity (Wildman–Crippen MR) is 65.3 cm³/mol. The highest BCUT2D eigenvalue weighted by Crippen LogP contribution is 2.16. The number of rotatable bonds is 5. The Kier molecular flexibility index (Phi) is 5.48. The maximum absolute atomic E-state index is 11.9. The van der Waals surface area contributed by atoms with Gasteiger partial charge in [-0.05, 0) is 30.7 Å². The van der Waals surface area contributed by atoms with E-state index in [0.29, 0.717) is 12.1 Å². The third-order valence-corrected chi connectivity index (χ3v) is 2.12. The summed E-state index contributed by atoms with van der Waals surface area (Å²) >= 11 is 0. The third-order valence-electron chi connectivity index (χ3n) is 2.12. The highest BCUT2D eigenvalue weighted by Gasteiger charge is 2.08. The minimum absolute atomic E-state index is 0.0173. The Morgan fingerprint density at radius 2 is 2.11 bits per heavy atom. The molecule has 0 spiro atoms. The van der Waals surface area contributed by atoms with Crippen LogP contribution in [0.5, 0.6) is 5.75 Å². The summed E-state index contributed by atoms with van der Waals surface area (Å²) in [4.78, 5) is 11.5. The molecular weight excluding hydrogens is 254 g/mol. The van der Waals surface area contributed by atoms with Gasteiger partial charge in [-0.2, -0.15) is 14.0 Å². The topological polar surface area (TPSA) is 62.1 Å². The number of hydrogen-bond donors (Lipinski definition) is 1. The number of carbonyl (C=O) groups excluding carboxylic acids is 1. The lowest BCUT2D eigenvalue weighted by Gasteiger charge is -2.04. The number of hydrogen-bond acceptors (Lipinski definition) is 3. The number of nitrogens with zero attached hydrogens (tertiary/aromatic N) is 1. The molecule has 0 aliphatic heterocycles. The number of nitriles is 1. The Morgan fingerprint density at radius 3 is 2.58 bits per heavy atom. The molecule has 1 aromatic carbocycles. The lowest BCUT2D eigenvalue weighted by Crippen LogP contribution is -2.23. The van der Waals surface area contributed by atoms with Crippen LogP contribution in [0.25, 0.3) is 6.08 Å². The summed E-state index contributed by atoms with van der Waals surface area (Å²) in [6.07, 6.45) is 1.37. The summed E-state index contributed by atoms with van der Waals surface area (Å²) in [6, 6.07) is 7.42. The van der Waals surface area contributed by atoms with Crippen LogP contribution in [0, 0.1) is 11.3 Å². The summed E-state index contributed by atoms with van der Waals surface area (Å²) in [5.74, 6) is -0.457. The first-order valence-electron chi connectivity index (χ1n) is 5.51. The Labute approximate surface area is 109 Å². The number of halogens is 2. The largest absolute Gasteiger partial charge is 0.435 e. The Balaban J connectivity index is 2.85. The van der Waals surface area contributed by atoms with Crippen molar-refractivity contribution >= 4 is 12.0 Å². The van der Waals surface area contributed by atoms with Crippen LogP contribution in [0.2, 0.25) is 0 Å². The van der Waals surface area contributed by atoms with Gasteiger partial charge in [-0.25, -0.2) is 0 Å². The molecule has 1 rings (SSSR count). The summed E-state index contributed by atoms with van der Waals surface area (Å²) in [5.41, 5.74) is 0.494. The second kappa shape index (κ2) is 7.11. The number of amides is 1. The van der Waals surface area contributed by atoms with Gasteiger partial charge in [0.15, 0.2) is 0 Å². The fraction of sp³-hybridized carbons (Fsp3) is 0.231. The molecule has 0 unspecified atom stereocenters. The molecule has 1 aromatic rings. The quantitative estimate of drug-likeness (QED) is 0.657. The van der Waals surface area contributed by atoms with E-state index in [1.165, 1.54) is 30.3 Å². The van der Waals surface area contributed by atoms with Crippen molar-refractivity contribution in [2.75, 3.05) is 6.54 Å². The molecule has 0 heterocycles. The van der Waals surface area contributed by atoms with E-state index in [-0.39, 0.29) is 11.3 Å². The Bertz CT molecular complexity index is 504. The first kappa shape index (κ1) is 14.6. The summed E-state index contributed by atoms with van der Waals surface area (Å²) < 4.78 is 28.1. The number of benzene rings is 1. The summed E-state index contributed by atoms with van der Waals surface area (Å²) in [7, 11) is 0. The highest BCUT2D eigenvalue weighted by atomic mass is 19.3. The van der Waals surface area contributed by atoms with Crippen LogP contribution in [0.3, 0.4) is 0 Å². The highest BCUT2D eigenvalue weighted by molar-refractivity contribution is 6.01. The fourth-order valence-electron chi connectivity index (χ4n) is 1.32. The molecule has 0 aliphatic carbocycles. The van der Waals surface area contributed by atoms with Gasteiger partial charge in [0.25, 0.3) is 5.91 Å². The van der Waals surface area contributed by atoms with Crippen molar-refractivity contribution in [3.05, 3.63) is 35.4 Å². The standard InChI is InChI=1S/C13H12F2N2O2/c1-2-17-12(18)10(8-16)7-9-3-5-11(6-4-9)19-13(14)15/h3-7,13H,2H2,1H3,(H,17,18)/b10-7-. The molecule has 0 aliphatic rings. The van der Waals surface area contributed by atoms with Gasteiger partial charge >= 0.3 is 6.61 Å². The van der Waals surface area contributed by atoms with Gasteiger partial charge in [0.05, 0.1) is 0 Å². The fourth-order valence-corrected chi connectivity index (χ4v) is 1.32. The minimum atomic E-state index is -2.88. The van der Waals surface area contributed by atoms with Crippen LogP contribution in [-0.4, -0.2) is 19.1 Å². The SMILES string of the molecule is CCNC(=O)/C(C#N)=C\c1ccc(OC(F)F)cc1. The molecule has 6 heteroatoms. The zero-order chi connectivity index (χ0) is 14.3. The zero-order valence-corrected chi connectivity index (χ0v) is 10.2. The van der Waals surface area contributed by atoms with E-state index in [4.69, 9.17) is 5.26 Å². The van der Waals surface area contributed by atoms with Crippen molar-refractivity contribution in [2.24, 2.45) is 0 Å². The van der Waals surface area contributed by atoms with Gasteiger partial charge in [-0.1, -0.05) is 12.1 Å². The minimum Gasteiger partial charge on any atom is -0.435 e. The Hall–Kier alpha value is -2.42. The van der Waals surface area contributed by atoms with Gasteiger partial charge in [0, 0.05) is 6.54 Å². The predicted octanol–water partition coefficient (Wildman–Crippen LogP) is 2.33. The normalized spacial score (nSPS) is 11.0. The lowest BCUT2D eigenvalue weighted by molar-refractivity contribution is -0.116. The first-order chi connectivity index (χ1) is 9.06. The number of carbonyl (C=O) groups is 1. The number of alkyl halides is 2. The van der Waals surface area contributed by atoms with Crippen molar-refractivity contribution in [1.82, 2.24) is 5.32 Å². The molecule has 100 valence electrons. The molecule has 1 N–H and O–H groups in total. The van der Waals surface area contributed by atoms with E-state index in [2.05, 4.69) is 10.1 Å². The maximum Gasteiger partial charge on any atom is 0.387 e. The third kappa shape index (κ3) is 4.76. The second-order valence-corrected chi connectivity index (χ2v) is 3.48. The molecule has 0 saturated carbocycles. The molecule has 1 amide bonds. The molecular formula is C13H12F2N2O2. The van der Waals surface area contributed by atoms with Gasteiger partial charge in [-0.15, -0.1) is 0 Å². The van der Waals surface area contributed by atoms with Crippen LogP contribution in [0.1, 0.15) is 12.5 Å². The smallest absolute Gasteiger partial charge is 0.387 e. The van der Waals surface area contributed by atoms with E-state index in [0.717, 1.165) is 0 Å². The van der Waals surface area contributed by atoms with Crippen LogP contribution in [0.4, 0.5) is 8.78 Å². The van der Waals surface area contributed by atoms with Crippen molar-refractivity contribution < 1.29 is 18.3 Å². The maximum atomic E-state index is 11.9. The van der Waals surface area contributed by atoms with E-state index in [1.807, 2.05) is 0 Å². The van der Waals surface area contributed by atoms with Gasteiger partial charge in [0.1, 0.15) is 17.4 Å². The van der Waals surface area contributed by atoms with Crippen molar-refractivity contribution in [3.63, 3.8) is 0 Å². The van der Waals surface area contributed by atoms with E-state index in [9.17, 15) is 13.6 Å². The van der Waals surface area contributed by atoms with E-state index < -0.39 is 12.5 Å². The van der Waals surface area contributed by atoms with Crippen LogP contribution < -0.4 is 10.1 Å². The molecule has 0 atom stereocenters. The first-order valence-corrected chi connectivity index (χ1v) is 5.51. The Morgan fingerprint density at radius 1 is 1.47 bits per heavy atom. The van der Waals surface area contributed by atoms with Crippen molar-refractivity contribution in [2.45, 2.75) is 13.5 Å². The number of ether oxygens (including phenoxy) is 1. The molecule has 19 heavy (non-hydrogen) atoms. The monoisotopic (exact) mass is 266 g/mol. The second-order valence-electron chi connectivity index (χ2n) is 3.48. The zero-order valence-electron chi connectivity index (χ0n) is 10.2. The average molecular weight is 266 g/mol. The van der Waals surface area contributed by atoms with Crippen molar-refractivity contribution in [1.29, 1.82) is 5.26 Å². The molecule has 0 aromatic heterocycles. The average Bonchev–Trinajstić information content (AvgIpc) is 2.37. The van der Waals surface area contributed by atoms with E-state index >= 15 is 0 Å². The molecule has 0 fully saturated rings. The van der Waals surface area contributed by atoms with Crippen molar-refractivity contribution in [3.8, 4) is 11.8 Å². The summed E-state index contributed by atoms with van der Waals surface area (Å²) in [6.45, 7) is -0.728. The van der Waals surface area contributed by atoms with Crippen LogP contribution >= 0.6 is 0 Å². The molecule has 4 nitrogen and oxygen atoms in total. The van der Waals surface area contributed by atoms with E-state index in [1.54, 1.807) is 13.0 Å². The number of likely N-dealkylation sites (N-methyl/N-ethyl adjacent to an activating group) is 1. The van der Waals surface area contributed by atoms with Crippen LogP contribution in [0.15, 0.2) is 29.8 Å². The van der Waals surface area contributed by atoms with Gasteiger partial charge < -0.3 is 10.1 Å². The van der Waals surface area contributed by atoms with Crippen LogP contribution in [-0.2, 0) is 4.79 Å². The molecule has 0 bridgehead atoms. The van der Waals surface area contributed by atoms with Gasteiger partial charge in [-0.3, -0.25) is 4.79 Å². The number of nitrogens with one attached hydrogen (secondary N) is 1.